The molecule has 1 aromatic carbocycles. The number of anilines is 2. The first-order valence-electron chi connectivity index (χ1n) is 10.0. The summed E-state index contributed by atoms with van der Waals surface area (Å²) in [4.78, 5) is 7.07. The van der Waals surface area contributed by atoms with E-state index in [1.54, 1.807) is 13.0 Å². The minimum atomic E-state index is -0.203. The van der Waals surface area contributed by atoms with Crippen LogP contribution in [-0.2, 0) is 4.74 Å². The number of hydrogen-bond acceptors (Lipinski definition) is 6. The molecule has 2 saturated heterocycles. The number of nitrogens with zero attached hydrogens (tertiary/aromatic N) is 4. The number of aromatic nitrogens is 3. The van der Waals surface area contributed by atoms with E-state index < -0.39 is 0 Å². The van der Waals surface area contributed by atoms with Crippen LogP contribution in [0.1, 0.15) is 36.2 Å². The molecule has 29 heavy (non-hydrogen) atoms. The van der Waals surface area contributed by atoms with Crippen molar-refractivity contribution in [3.63, 3.8) is 0 Å². The van der Waals surface area contributed by atoms with Crippen LogP contribution in [0.5, 0.6) is 0 Å². The maximum Gasteiger partial charge on any atom is 0.158 e. The fourth-order valence-corrected chi connectivity index (χ4v) is 4.50. The highest BCUT2D eigenvalue weighted by atomic mass is 19.1. The van der Waals surface area contributed by atoms with Gasteiger partial charge < -0.3 is 15.0 Å². The van der Waals surface area contributed by atoms with Gasteiger partial charge in [0, 0.05) is 11.9 Å². The van der Waals surface area contributed by atoms with Crippen molar-refractivity contribution in [2.24, 2.45) is 0 Å². The highest BCUT2D eigenvalue weighted by Gasteiger charge is 2.39. The Bertz CT molecular complexity index is 1090. The van der Waals surface area contributed by atoms with Crippen molar-refractivity contribution in [2.45, 2.75) is 45.4 Å². The van der Waals surface area contributed by atoms with Crippen molar-refractivity contribution < 1.29 is 9.13 Å². The third-order valence-electron chi connectivity index (χ3n) is 6.13. The van der Waals surface area contributed by atoms with Gasteiger partial charge in [0.15, 0.2) is 5.82 Å². The second-order valence-electron chi connectivity index (χ2n) is 8.04. The zero-order valence-corrected chi connectivity index (χ0v) is 16.8. The van der Waals surface area contributed by atoms with E-state index in [2.05, 4.69) is 26.5 Å². The largest absolute Gasteiger partial charge is 0.374 e. The van der Waals surface area contributed by atoms with E-state index in [-0.39, 0.29) is 11.9 Å². The summed E-state index contributed by atoms with van der Waals surface area (Å²) in [5.74, 6) is 0.461. The van der Waals surface area contributed by atoms with Crippen LogP contribution in [-0.4, -0.2) is 40.5 Å². The molecule has 0 saturated carbocycles. The molecule has 2 aromatic heterocycles. The van der Waals surface area contributed by atoms with Gasteiger partial charge in [0.25, 0.3) is 0 Å². The van der Waals surface area contributed by atoms with Gasteiger partial charge in [-0.3, -0.25) is 4.98 Å². The Labute approximate surface area is 169 Å². The van der Waals surface area contributed by atoms with Crippen LogP contribution < -0.4 is 10.2 Å². The van der Waals surface area contributed by atoms with E-state index in [1.807, 2.05) is 26.1 Å². The third kappa shape index (κ3) is 3.09. The van der Waals surface area contributed by atoms with E-state index in [0.29, 0.717) is 23.5 Å². The Morgan fingerprint density at radius 3 is 2.90 bits per heavy atom. The minimum absolute atomic E-state index is 0.120. The maximum absolute atomic E-state index is 14.0. The van der Waals surface area contributed by atoms with Crippen LogP contribution in [0.3, 0.4) is 0 Å². The lowest BCUT2D eigenvalue weighted by atomic mass is 10.0. The molecular weight excluding hydrogens is 369 g/mol. The topological polar surface area (TPSA) is 63.2 Å². The Balaban J connectivity index is 1.52. The maximum atomic E-state index is 14.0. The van der Waals surface area contributed by atoms with E-state index in [1.165, 1.54) is 6.07 Å². The number of nitrogens with one attached hydrogen (secondary N) is 1. The lowest BCUT2D eigenvalue weighted by Crippen LogP contribution is -2.36. The number of pyridine rings is 1. The summed E-state index contributed by atoms with van der Waals surface area (Å²) in [6.45, 7) is 7.39. The quantitative estimate of drug-likeness (QED) is 0.725. The van der Waals surface area contributed by atoms with Crippen molar-refractivity contribution >= 4 is 22.4 Å². The minimum Gasteiger partial charge on any atom is -0.374 e. The Morgan fingerprint density at radius 2 is 2.14 bits per heavy atom. The molecule has 2 bridgehead atoms. The van der Waals surface area contributed by atoms with E-state index >= 15 is 0 Å². The number of morpholine rings is 1. The molecule has 0 aliphatic carbocycles. The summed E-state index contributed by atoms with van der Waals surface area (Å²) in [5, 5.41) is 13.0. The smallest absolute Gasteiger partial charge is 0.158 e. The second-order valence-corrected chi connectivity index (χ2v) is 8.04. The fourth-order valence-electron chi connectivity index (χ4n) is 4.50. The number of fused-ring (bicyclic) bond motifs is 3. The molecule has 2 fully saturated rings. The molecule has 150 valence electrons. The second kappa shape index (κ2) is 6.91. The lowest BCUT2D eigenvalue weighted by Gasteiger charge is -2.29. The number of hydrogen-bond donors (Lipinski definition) is 1. The van der Waals surface area contributed by atoms with Gasteiger partial charge in [-0.1, -0.05) is 12.1 Å². The highest BCUT2D eigenvalue weighted by Crippen LogP contribution is 2.35. The average Bonchev–Trinajstić information content (AvgIpc) is 3.35. The van der Waals surface area contributed by atoms with Crippen LogP contribution >= 0.6 is 0 Å². The molecule has 0 spiro atoms. The van der Waals surface area contributed by atoms with E-state index in [4.69, 9.17) is 9.72 Å². The number of aryl methyl sites for hydroxylation is 1. The van der Waals surface area contributed by atoms with Gasteiger partial charge in [-0.25, -0.2) is 4.39 Å². The Morgan fingerprint density at radius 1 is 1.28 bits per heavy atom. The van der Waals surface area contributed by atoms with Crippen LogP contribution in [0, 0.1) is 19.7 Å². The molecule has 3 atom stereocenters. The van der Waals surface area contributed by atoms with Crippen molar-refractivity contribution in [3.8, 4) is 0 Å². The molecular formula is C22H24FN5O. The zero-order chi connectivity index (χ0) is 20.1. The number of benzene rings is 1. The predicted molar refractivity (Wildman–Crippen MR) is 111 cm³/mol. The monoisotopic (exact) mass is 393 g/mol. The summed E-state index contributed by atoms with van der Waals surface area (Å²) in [6.07, 6.45) is 3.32. The number of rotatable bonds is 4. The number of halogens is 1. The molecule has 4 heterocycles. The summed E-state index contributed by atoms with van der Waals surface area (Å²) in [6, 6.07) is 7.59. The van der Waals surface area contributed by atoms with Crippen molar-refractivity contribution in [2.75, 3.05) is 23.4 Å². The van der Waals surface area contributed by atoms with Gasteiger partial charge in [0.1, 0.15) is 5.82 Å². The summed E-state index contributed by atoms with van der Waals surface area (Å²) >= 11 is 0. The Kier molecular flexibility index (Phi) is 4.35. The van der Waals surface area contributed by atoms with Gasteiger partial charge in [-0.2, -0.15) is 5.10 Å². The van der Waals surface area contributed by atoms with Gasteiger partial charge in [0.05, 0.1) is 47.9 Å². The van der Waals surface area contributed by atoms with Gasteiger partial charge in [0.2, 0.25) is 0 Å². The van der Waals surface area contributed by atoms with Gasteiger partial charge >= 0.3 is 0 Å². The fraction of sp³-hybridized carbons (Fsp3) is 0.409. The van der Waals surface area contributed by atoms with Crippen LogP contribution in [0.2, 0.25) is 0 Å². The van der Waals surface area contributed by atoms with Gasteiger partial charge in [-0.15, -0.1) is 5.10 Å². The zero-order valence-electron chi connectivity index (χ0n) is 16.8. The standard InChI is InChI=1S/C22H24FN5O/c1-12-18(5-4-6-20(12)23)13(2)25-22-19-8-15(9-24-21(19)14(3)26-27-22)28-10-17-7-16(28)11-29-17/h4-6,8-9,13,16-17H,7,10-11H2,1-3H3,(H,25,27)/t13-,16?,17?/m1/s1. The third-order valence-corrected chi connectivity index (χ3v) is 6.13. The van der Waals surface area contributed by atoms with Crippen LogP contribution in [0.25, 0.3) is 10.9 Å². The SMILES string of the molecule is Cc1c(F)cccc1[C@@H](C)Nc1nnc(C)c2ncc(N3CC4CC3CO4)cc12. The summed E-state index contributed by atoms with van der Waals surface area (Å²) < 4.78 is 19.7. The molecule has 3 aromatic rings. The normalized spacial score (nSPS) is 21.7. The number of ether oxygens (including phenoxy) is 1. The van der Waals surface area contributed by atoms with Crippen molar-refractivity contribution in [1.29, 1.82) is 0 Å². The first-order valence-corrected chi connectivity index (χ1v) is 10.0. The molecule has 7 heteroatoms. The van der Waals surface area contributed by atoms with Crippen molar-refractivity contribution in [1.82, 2.24) is 15.2 Å². The molecule has 2 aliphatic rings. The first kappa shape index (κ1) is 18.2. The van der Waals surface area contributed by atoms with E-state index in [9.17, 15) is 4.39 Å². The molecule has 5 rings (SSSR count). The summed E-state index contributed by atoms with van der Waals surface area (Å²) in [5.41, 5.74) is 4.24. The van der Waals surface area contributed by atoms with Crippen LogP contribution in [0.15, 0.2) is 30.5 Å². The molecule has 2 unspecified atom stereocenters. The molecule has 2 aliphatic heterocycles. The highest BCUT2D eigenvalue weighted by molar-refractivity contribution is 5.92. The van der Waals surface area contributed by atoms with E-state index in [0.717, 1.165) is 47.4 Å². The van der Waals surface area contributed by atoms with Crippen molar-refractivity contribution in [3.05, 3.63) is 53.1 Å². The van der Waals surface area contributed by atoms with Crippen LogP contribution in [0.4, 0.5) is 15.9 Å². The first-order chi connectivity index (χ1) is 14.0. The molecule has 6 nitrogen and oxygen atoms in total. The molecule has 1 N–H and O–H groups in total. The lowest BCUT2D eigenvalue weighted by molar-refractivity contribution is 0.0991. The molecule has 0 radical (unpaired) electrons. The summed E-state index contributed by atoms with van der Waals surface area (Å²) in [7, 11) is 0. The predicted octanol–water partition coefficient (Wildman–Crippen LogP) is 3.93. The van der Waals surface area contributed by atoms with Gasteiger partial charge in [-0.05, 0) is 50.5 Å². The molecule has 0 amide bonds. The average molecular weight is 393 g/mol. The Hall–Kier alpha value is -2.80.